The number of H-pyrrole nitrogens is 1. The van der Waals surface area contributed by atoms with Crippen molar-refractivity contribution in [2.24, 2.45) is 0 Å². The van der Waals surface area contributed by atoms with Gasteiger partial charge in [-0.25, -0.2) is 0 Å². The molecule has 0 unspecified atom stereocenters. The second-order valence-corrected chi connectivity index (χ2v) is 9.85. The lowest BCUT2D eigenvalue weighted by Crippen LogP contribution is -2.62. The number of aliphatic hydroxyl groups is 1. The summed E-state index contributed by atoms with van der Waals surface area (Å²) in [6.07, 6.45) is 3.55. The second-order valence-electron chi connectivity index (χ2n) is 9.85. The molecule has 170 valence electrons. The molecule has 3 heterocycles. The second kappa shape index (κ2) is 8.52. The lowest BCUT2D eigenvalue weighted by molar-refractivity contribution is 0.155. The third kappa shape index (κ3) is 4.76. The molecule has 1 aliphatic heterocycles. The third-order valence-electron chi connectivity index (χ3n) is 5.98. The molecule has 0 saturated carbocycles. The monoisotopic (exact) mass is 436 g/mol. The molecule has 8 nitrogen and oxygen atoms in total. The van der Waals surface area contributed by atoms with E-state index in [0.29, 0.717) is 17.8 Å². The minimum atomic E-state index is -0.0182. The molecule has 1 aliphatic rings. The molecule has 1 aromatic carbocycles. The number of hydrogen-bond acceptors (Lipinski definition) is 7. The van der Waals surface area contributed by atoms with Crippen LogP contribution in [0.5, 0.6) is 5.75 Å². The highest BCUT2D eigenvalue weighted by molar-refractivity contribution is 5.73. The van der Waals surface area contributed by atoms with Gasteiger partial charge < -0.3 is 20.4 Å². The van der Waals surface area contributed by atoms with Crippen LogP contribution in [0.2, 0.25) is 0 Å². The Bertz CT molecular complexity index is 1030. The van der Waals surface area contributed by atoms with Crippen LogP contribution >= 0.6 is 0 Å². The summed E-state index contributed by atoms with van der Waals surface area (Å²) in [6, 6.07) is 11.3. The first-order valence-corrected chi connectivity index (χ1v) is 11.0. The van der Waals surface area contributed by atoms with Crippen molar-refractivity contribution in [3.05, 3.63) is 42.6 Å². The number of aromatic nitrogens is 4. The van der Waals surface area contributed by atoms with E-state index in [1.807, 2.05) is 30.3 Å². The molecule has 1 fully saturated rings. The Balaban J connectivity index is 1.59. The van der Waals surface area contributed by atoms with Crippen LogP contribution in [0.4, 0.5) is 5.82 Å². The molecule has 0 bridgehead atoms. The van der Waals surface area contributed by atoms with Crippen molar-refractivity contribution in [1.82, 2.24) is 25.7 Å². The van der Waals surface area contributed by atoms with E-state index >= 15 is 0 Å². The summed E-state index contributed by atoms with van der Waals surface area (Å²) in [6.45, 7) is 9.38. The number of phenols is 1. The van der Waals surface area contributed by atoms with Crippen molar-refractivity contribution in [1.29, 1.82) is 0 Å². The first-order valence-electron chi connectivity index (χ1n) is 11.0. The van der Waals surface area contributed by atoms with Gasteiger partial charge in [-0.2, -0.15) is 5.10 Å². The summed E-state index contributed by atoms with van der Waals surface area (Å²) in [7, 11) is 0. The van der Waals surface area contributed by atoms with Gasteiger partial charge in [0.2, 0.25) is 0 Å². The molecule has 0 aliphatic carbocycles. The number of hydrogen-bond donors (Lipinski definition) is 4. The Morgan fingerprint density at radius 1 is 1.03 bits per heavy atom. The molecule has 0 atom stereocenters. The van der Waals surface area contributed by atoms with Crippen molar-refractivity contribution in [3.8, 4) is 28.3 Å². The lowest BCUT2D eigenvalue weighted by atomic mass is 9.79. The maximum absolute atomic E-state index is 10.6. The van der Waals surface area contributed by atoms with E-state index in [-0.39, 0.29) is 29.5 Å². The van der Waals surface area contributed by atoms with Crippen LogP contribution in [0.3, 0.4) is 0 Å². The number of aliphatic hydroxyl groups excluding tert-OH is 1. The summed E-state index contributed by atoms with van der Waals surface area (Å²) in [5.41, 5.74) is 2.85. The predicted molar refractivity (Wildman–Crippen MR) is 125 cm³/mol. The SMILES string of the molecule is CC1(C)CC(N(CCO)c2ccc(-c3ccc(-c4ccn[nH]4)cc3O)nn2)CC(C)(C)N1. The van der Waals surface area contributed by atoms with Crippen molar-refractivity contribution in [3.63, 3.8) is 0 Å². The average molecular weight is 437 g/mol. The normalized spacial score (nSPS) is 17.9. The van der Waals surface area contributed by atoms with Gasteiger partial charge in [-0.15, -0.1) is 10.2 Å². The summed E-state index contributed by atoms with van der Waals surface area (Å²) in [5.74, 6) is 0.864. The Morgan fingerprint density at radius 3 is 2.34 bits per heavy atom. The molecule has 0 amide bonds. The summed E-state index contributed by atoms with van der Waals surface area (Å²) >= 11 is 0. The summed E-state index contributed by atoms with van der Waals surface area (Å²) < 4.78 is 0. The molecule has 1 saturated heterocycles. The topological polar surface area (TPSA) is 110 Å². The highest BCUT2D eigenvalue weighted by atomic mass is 16.3. The molecular formula is C24H32N6O2. The first-order chi connectivity index (χ1) is 15.2. The number of aromatic hydroxyl groups is 1. The molecule has 32 heavy (non-hydrogen) atoms. The number of nitrogens with one attached hydrogen (secondary N) is 2. The summed E-state index contributed by atoms with van der Waals surface area (Å²) in [5, 5.41) is 39.7. The minimum Gasteiger partial charge on any atom is -0.507 e. The quantitative estimate of drug-likeness (QED) is 0.469. The highest BCUT2D eigenvalue weighted by Gasteiger charge is 2.40. The largest absolute Gasteiger partial charge is 0.507 e. The molecule has 8 heteroatoms. The van der Waals surface area contributed by atoms with E-state index in [1.54, 1.807) is 12.3 Å². The smallest absolute Gasteiger partial charge is 0.151 e. The fourth-order valence-corrected chi connectivity index (χ4v) is 5.04. The van der Waals surface area contributed by atoms with Crippen LogP contribution in [-0.2, 0) is 0 Å². The van der Waals surface area contributed by atoms with Gasteiger partial charge in [-0.1, -0.05) is 6.07 Å². The minimum absolute atomic E-state index is 0.0182. The van der Waals surface area contributed by atoms with Crippen LogP contribution in [0.15, 0.2) is 42.6 Å². The fourth-order valence-electron chi connectivity index (χ4n) is 5.04. The van der Waals surface area contributed by atoms with Crippen LogP contribution in [0.1, 0.15) is 40.5 Å². The number of phenolic OH excluding ortho intramolecular Hbond substituents is 1. The number of anilines is 1. The molecular weight excluding hydrogens is 404 g/mol. The van der Waals surface area contributed by atoms with Crippen LogP contribution in [0.25, 0.3) is 22.5 Å². The van der Waals surface area contributed by atoms with E-state index in [0.717, 1.165) is 29.9 Å². The number of aromatic amines is 1. The third-order valence-corrected chi connectivity index (χ3v) is 5.98. The molecule has 4 N–H and O–H groups in total. The van der Waals surface area contributed by atoms with Gasteiger partial charge in [0, 0.05) is 41.0 Å². The van der Waals surface area contributed by atoms with E-state index in [4.69, 9.17) is 0 Å². The molecule has 0 spiro atoms. The molecule has 2 aromatic heterocycles. The van der Waals surface area contributed by atoms with Gasteiger partial charge in [0.25, 0.3) is 0 Å². The maximum atomic E-state index is 10.6. The zero-order valence-corrected chi connectivity index (χ0v) is 19.1. The average Bonchev–Trinajstić information content (AvgIpc) is 3.25. The van der Waals surface area contributed by atoms with E-state index in [1.165, 1.54) is 0 Å². The van der Waals surface area contributed by atoms with Crippen molar-refractivity contribution in [2.75, 3.05) is 18.1 Å². The standard InChI is InChI=1S/C24H32N6O2/c1-23(2)14-17(15-24(3,4)29-23)30(11-12-31)22-8-7-20(27-28-22)18-6-5-16(13-21(18)32)19-9-10-25-26-19/h5-10,13,17,29,31-32H,11-12,14-15H2,1-4H3,(H,25,26). The van der Waals surface area contributed by atoms with Gasteiger partial charge >= 0.3 is 0 Å². The Kier molecular flexibility index (Phi) is 5.92. The predicted octanol–water partition coefficient (Wildman–Crippen LogP) is 3.35. The zero-order chi connectivity index (χ0) is 22.9. The lowest BCUT2D eigenvalue weighted by Gasteiger charge is -2.49. The van der Waals surface area contributed by atoms with Gasteiger partial charge in [0.15, 0.2) is 5.82 Å². The Labute approximate surface area is 188 Å². The Hall–Kier alpha value is -2.97. The van der Waals surface area contributed by atoms with Crippen molar-refractivity contribution >= 4 is 5.82 Å². The van der Waals surface area contributed by atoms with Crippen molar-refractivity contribution < 1.29 is 10.2 Å². The van der Waals surface area contributed by atoms with Gasteiger partial charge in [-0.05, 0) is 70.9 Å². The Morgan fingerprint density at radius 2 is 1.78 bits per heavy atom. The molecule has 4 rings (SSSR count). The summed E-state index contributed by atoms with van der Waals surface area (Å²) in [4.78, 5) is 2.16. The van der Waals surface area contributed by atoms with E-state index in [2.05, 4.69) is 58.3 Å². The highest BCUT2D eigenvalue weighted by Crippen LogP contribution is 2.35. The van der Waals surface area contributed by atoms with E-state index < -0.39 is 0 Å². The van der Waals surface area contributed by atoms with Gasteiger partial charge in [-0.3, -0.25) is 5.10 Å². The van der Waals surface area contributed by atoms with Crippen LogP contribution in [0, 0.1) is 0 Å². The molecule has 3 aromatic rings. The van der Waals surface area contributed by atoms with Gasteiger partial charge in [0.05, 0.1) is 18.0 Å². The van der Waals surface area contributed by atoms with Crippen LogP contribution in [-0.4, -0.2) is 60.9 Å². The number of benzene rings is 1. The first kappa shape index (κ1) is 22.2. The number of rotatable bonds is 6. The van der Waals surface area contributed by atoms with Crippen LogP contribution < -0.4 is 10.2 Å². The van der Waals surface area contributed by atoms with Gasteiger partial charge in [0.1, 0.15) is 5.75 Å². The number of nitrogens with zero attached hydrogens (tertiary/aromatic N) is 4. The molecule has 0 radical (unpaired) electrons. The fraction of sp³-hybridized carbons (Fsp3) is 0.458. The maximum Gasteiger partial charge on any atom is 0.151 e. The van der Waals surface area contributed by atoms with Crippen molar-refractivity contribution in [2.45, 2.75) is 57.7 Å². The number of piperidine rings is 1. The van der Waals surface area contributed by atoms with E-state index in [9.17, 15) is 10.2 Å². The zero-order valence-electron chi connectivity index (χ0n) is 19.1.